The predicted molar refractivity (Wildman–Crippen MR) is 102 cm³/mol. The van der Waals surface area contributed by atoms with E-state index in [0.717, 1.165) is 30.0 Å². The van der Waals surface area contributed by atoms with Gasteiger partial charge in [0.15, 0.2) is 0 Å². The number of morpholine rings is 1. The van der Waals surface area contributed by atoms with Crippen LogP contribution in [-0.4, -0.2) is 66.2 Å². The first-order chi connectivity index (χ1) is 13.2. The van der Waals surface area contributed by atoms with Crippen LogP contribution in [0.1, 0.15) is 21.5 Å². The first-order valence-corrected chi connectivity index (χ1v) is 9.34. The molecule has 0 aliphatic carbocycles. The Kier molecular flexibility index (Phi) is 5.09. The highest BCUT2D eigenvalue weighted by molar-refractivity contribution is 5.96. The molecule has 2 aliphatic rings. The van der Waals surface area contributed by atoms with Crippen LogP contribution < -0.4 is 4.74 Å². The second-order valence-corrected chi connectivity index (χ2v) is 7.20. The smallest absolute Gasteiger partial charge is 0.254 e. The Hall–Kier alpha value is -2.44. The number of amides is 1. The highest BCUT2D eigenvalue weighted by Gasteiger charge is 2.42. The molecule has 142 valence electrons. The molecule has 0 spiro atoms. The lowest BCUT2D eigenvalue weighted by Gasteiger charge is -2.36. The largest absolute Gasteiger partial charge is 0.497 e. The molecule has 0 radical (unpaired) electrons. The molecule has 2 aromatic rings. The monoisotopic (exact) mass is 367 g/mol. The van der Waals surface area contributed by atoms with Crippen molar-refractivity contribution in [3.63, 3.8) is 0 Å². The van der Waals surface area contributed by atoms with E-state index in [9.17, 15) is 4.79 Å². The standard InChI is InChI=1S/C21H25N3O3/c1-15-10-17(26-2)5-6-18(15)21(25)24-13-19-20(14-24)27-9-8-23(19)12-16-4-3-7-22-11-16/h3-7,10-11,19-20H,8-9,12-14H2,1-2H3/t19-,20+/m1/s1. The summed E-state index contributed by atoms with van der Waals surface area (Å²) in [6.07, 6.45) is 3.76. The van der Waals surface area contributed by atoms with Gasteiger partial charge in [-0.1, -0.05) is 6.07 Å². The van der Waals surface area contributed by atoms with Gasteiger partial charge in [0.05, 0.1) is 25.9 Å². The van der Waals surface area contributed by atoms with Gasteiger partial charge in [-0.15, -0.1) is 0 Å². The Balaban J connectivity index is 1.48. The van der Waals surface area contributed by atoms with E-state index in [4.69, 9.17) is 9.47 Å². The summed E-state index contributed by atoms with van der Waals surface area (Å²) in [6.45, 7) is 5.68. The van der Waals surface area contributed by atoms with Crippen LogP contribution in [0.2, 0.25) is 0 Å². The molecule has 0 saturated carbocycles. The van der Waals surface area contributed by atoms with Crippen LogP contribution in [0.4, 0.5) is 0 Å². The van der Waals surface area contributed by atoms with Crippen LogP contribution in [0.5, 0.6) is 5.75 Å². The number of likely N-dealkylation sites (tertiary alicyclic amines) is 1. The zero-order valence-corrected chi connectivity index (χ0v) is 15.8. The highest BCUT2D eigenvalue weighted by Crippen LogP contribution is 2.27. The molecule has 6 heteroatoms. The topological polar surface area (TPSA) is 54.9 Å². The molecule has 0 bridgehead atoms. The number of pyridine rings is 1. The van der Waals surface area contributed by atoms with Gasteiger partial charge in [0.1, 0.15) is 5.75 Å². The fourth-order valence-corrected chi connectivity index (χ4v) is 4.02. The Morgan fingerprint density at radius 2 is 2.22 bits per heavy atom. The third-order valence-electron chi connectivity index (χ3n) is 5.48. The molecule has 6 nitrogen and oxygen atoms in total. The van der Waals surface area contributed by atoms with E-state index in [1.165, 1.54) is 5.56 Å². The highest BCUT2D eigenvalue weighted by atomic mass is 16.5. The number of benzene rings is 1. The molecular formula is C21H25N3O3. The van der Waals surface area contributed by atoms with Crippen molar-refractivity contribution in [1.82, 2.24) is 14.8 Å². The summed E-state index contributed by atoms with van der Waals surface area (Å²) < 4.78 is 11.2. The molecule has 0 unspecified atom stereocenters. The molecule has 2 saturated heterocycles. The van der Waals surface area contributed by atoms with E-state index in [1.54, 1.807) is 13.3 Å². The maximum absolute atomic E-state index is 13.1. The number of fused-ring (bicyclic) bond motifs is 1. The molecular weight excluding hydrogens is 342 g/mol. The van der Waals surface area contributed by atoms with Gasteiger partial charge in [-0.25, -0.2) is 0 Å². The molecule has 27 heavy (non-hydrogen) atoms. The van der Waals surface area contributed by atoms with Crippen molar-refractivity contribution in [3.05, 3.63) is 59.4 Å². The first kappa shape index (κ1) is 17.9. The molecule has 0 N–H and O–H groups in total. The van der Waals surface area contributed by atoms with Gasteiger partial charge in [0.2, 0.25) is 0 Å². The maximum atomic E-state index is 13.1. The second kappa shape index (κ2) is 7.66. The van der Waals surface area contributed by atoms with Crippen LogP contribution in [0.15, 0.2) is 42.7 Å². The van der Waals surface area contributed by atoms with Gasteiger partial charge >= 0.3 is 0 Å². The minimum Gasteiger partial charge on any atom is -0.497 e. The molecule has 1 amide bonds. The van der Waals surface area contributed by atoms with Gasteiger partial charge in [-0.2, -0.15) is 0 Å². The fraction of sp³-hybridized carbons (Fsp3) is 0.429. The van der Waals surface area contributed by atoms with Crippen LogP contribution in [0, 0.1) is 6.92 Å². The predicted octanol–water partition coefficient (Wildman–Crippen LogP) is 2.12. The molecule has 1 aromatic heterocycles. The lowest BCUT2D eigenvalue weighted by Crippen LogP contribution is -2.50. The normalized spacial score (nSPS) is 22.5. The summed E-state index contributed by atoms with van der Waals surface area (Å²) in [7, 11) is 1.63. The number of nitrogens with zero attached hydrogens (tertiary/aromatic N) is 3. The Labute approximate surface area is 159 Å². The summed E-state index contributed by atoms with van der Waals surface area (Å²) in [5.41, 5.74) is 2.85. The summed E-state index contributed by atoms with van der Waals surface area (Å²) >= 11 is 0. The average Bonchev–Trinajstić information content (AvgIpc) is 3.13. The third-order valence-corrected chi connectivity index (χ3v) is 5.48. The van der Waals surface area contributed by atoms with Crippen molar-refractivity contribution in [1.29, 1.82) is 0 Å². The lowest BCUT2D eigenvalue weighted by atomic mass is 10.1. The molecule has 2 fully saturated rings. The SMILES string of the molecule is COc1ccc(C(=O)N2C[C@@H]3OCCN(Cc4cccnc4)[C@@H]3C2)c(C)c1. The molecule has 1 aromatic carbocycles. The second-order valence-electron chi connectivity index (χ2n) is 7.20. The quantitative estimate of drug-likeness (QED) is 0.829. The number of aryl methyl sites for hydroxylation is 1. The van der Waals surface area contributed by atoms with Crippen molar-refractivity contribution in [2.24, 2.45) is 0 Å². The Morgan fingerprint density at radius 1 is 1.33 bits per heavy atom. The van der Waals surface area contributed by atoms with Crippen LogP contribution in [0.25, 0.3) is 0 Å². The third kappa shape index (κ3) is 3.68. The van der Waals surface area contributed by atoms with E-state index >= 15 is 0 Å². The molecule has 2 aliphatic heterocycles. The summed E-state index contributed by atoms with van der Waals surface area (Å²) in [4.78, 5) is 21.6. The number of hydrogen-bond acceptors (Lipinski definition) is 5. The van der Waals surface area contributed by atoms with Gasteiger partial charge in [0.25, 0.3) is 5.91 Å². The zero-order chi connectivity index (χ0) is 18.8. The van der Waals surface area contributed by atoms with Crippen molar-refractivity contribution in [2.75, 3.05) is 33.4 Å². The average molecular weight is 367 g/mol. The van der Waals surface area contributed by atoms with Crippen LogP contribution >= 0.6 is 0 Å². The number of carbonyl (C=O) groups is 1. The van der Waals surface area contributed by atoms with Crippen molar-refractivity contribution < 1.29 is 14.3 Å². The molecule has 2 atom stereocenters. The van der Waals surface area contributed by atoms with Gasteiger partial charge in [-0.05, 0) is 42.3 Å². The van der Waals surface area contributed by atoms with E-state index in [1.807, 2.05) is 42.3 Å². The van der Waals surface area contributed by atoms with Gasteiger partial charge < -0.3 is 14.4 Å². The number of ether oxygens (including phenoxy) is 2. The Bertz CT molecular complexity index is 812. The number of carbonyl (C=O) groups excluding carboxylic acids is 1. The van der Waals surface area contributed by atoms with Crippen molar-refractivity contribution in [3.8, 4) is 5.75 Å². The number of methoxy groups -OCH3 is 1. The van der Waals surface area contributed by atoms with Crippen molar-refractivity contribution >= 4 is 5.91 Å². The van der Waals surface area contributed by atoms with Crippen LogP contribution in [0.3, 0.4) is 0 Å². The lowest BCUT2D eigenvalue weighted by molar-refractivity contribution is -0.0503. The fourth-order valence-electron chi connectivity index (χ4n) is 4.02. The first-order valence-electron chi connectivity index (χ1n) is 9.34. The summed E-state index contributed by atoms with van der Waals surface area (Å²) in [6, 6.07) is 9.88. The number of rotatable bonds is 4. The van der Waals surface area contributed by atoms with Crippen LogP contribution in [-0.2, 0) is 11.3 Å². The minimum absolute atomic E-state index is 0.0643. The number of hydrogen-bond donors (Lipinski definition) is 0. The van der Waals surface area contributed by atoms with Crippen molar-refractivity contribution in [2.45, 2.75) is 25.6 Å². The summed E-state index contributed by atoms with van der Waals surface area (Å²) in [5, 5.41) is 0. The summed E-state index contributed by atoms with van der Waals surface area (Å²) in [5.74, 6) is 0.833. The minimum atomic E-state index is 0.0643. The van der Waals surface area contributed by atoms with E-state index < -0.39 is 0 Å². The maximum Gasteiger partial charge on any atom is 0.254 e. The molecule has 4 rings (SSSR count). The number of aromatic nitrogens is 1. The Morgan fingerprint density at radius 3 is 2.96 bits per heavy atom. The van der Waals surface area contributed by atoms with E-state index in [2.05, 4.69) is 16.0 Å². The van der Waals surface area contributed by atoms with E-state index in [-0.39, 0.29) is 18.1 Å². The zero-order valence-electron chi connectivity index (χ0n) is 15.8. The van der Waals surface area contributed by atoms with E-state index in [0.29, 0.717) is 19.7 Å². The van der Waals surface area contributed by atoms with Gasteiger partial charge in [0, 0.05) is 44.1 Å². The molecule has 3 heterocycles. The van der Waals surface area contributed by atoms with Gasteiger partial charge in [-0.3, -0.25) is 14.7 Å².